The highest BCUT2D eigenvalue weighted by atomic mass is 16.6. The van der Waals surface area contributed by atoms with Crippen LogP contribution >= 0.6 is 0 Å². The Labute approximate surface area is 81.6 Å². The van der Waals surface area contributed by atoms with Gasteiger partial charge in [-0.2, -0.15) is 0 Å². The van der Waals surface area contributed by atoms with Gasteiger partial charge in [0.1, 0.15) is 25.0 Å². The Kier molecular flexibility index (Phi) is 3.82. The number of carbonyl (C=O) groups excluding carboxylic acids is 1. The third-order valence-electron chi connectivity index (χ3n) is 2.05. The Morgan fingerprint density at radius 2 is 2.29 bits per heavy atom. The topological polar surface area (TPSA) is 102 Å². The van der Waals surface area contributed by atoms with Crippen LogP contribution in [0.2, 0.25) is 0 Å². The first-order valence-corrected chi connectivity index (χ1v) is 4.41. The van der Waals surface area contributed by atoms with Crippen molar-refractivity contribution in [3.63, 3.8) is 0 Å². The number of esters is 1. The summed E-state index contributed by atoms with van der Waals surface area (Å²) in [5.74, 6) is -0.463. The van der Waals surface area contributed by atoms with Gasteiger partial charge in [0.2, 0.25) is 0 Å². The highest BCUT2D eigenvalue weighted by Crippen LogP contribution is 2.17. The zero-order valence-electron chi connectivity index (χ0n) is 7.92. The van der Waals surface area contributed by atoms with Crippen LogP contribution in [-0.4, -0.2) is 47.3 Å². The lowest BCUT2D eigenvalue weighted by atomic mass is 10.0. The zero-order valence-corrected chi connectivity index (χ0v) is 7.92. The molecule has 1 heterocycles. The molecule has 0 aromatic rings. The predicted molar refractivity (Wildman–Crippen MR) is 46.1 cm³/mol. The fraction of sp³-hybridized carbons (Fsp3) is 0.875. The maximum absolute atomic E-state index is 10.5. The van der Waals surface area contributed by atoms with E-state index in [9.17, 15) is 15.0 Å². The average molecular weight is 205 g/mol. The number of aliphatic hydroxyl groups is 2. The van der Waals surface area contributed by atoms with Crippen LogP contribution in [0.4, 0.5) is 0 Å². The molecule has 4 atom stereocenters. The second-order valence-electron chi connectivity index (χ2n) is 3.31. The molecule has 0 spiro atoms. The first-order chi connectivity index (χ1) is 6.50. The summed E-state index contributed by atoms with van der Waals surface area (Å²) in [6.45, 7) is 1.16. The second kappa shape index (κ2) is 4.70. The van der Waals surface area contributed by atoms with Gasteiger partial charge in [0.25, 0.3) is 0 Å². The van der Waals surface area contributed by atoms with E-state index < -0.39 is 30.5 Å². The van der Waals surface area contributed by atoms with E-state index in [1.165, 1.54) is 6.92 Å². The number of carbonyl (C=O) groups is 1. The SMILES string of the molecule is CC(=O)OCC1OC(N)CC(O)C1O. The van der Waals surface area contributed by atoms with Crippen LogP contribution in [0.1, 0.15) is 13.3 Å². The number of hydrogen-bond acceptors (Lipinski definition) is 6. The number of ether oxygens (including phenoxy) is 2. The fourth-order valence-electron chi connectivity index (χ4n) is 1.32. The molecule has 0 aliphatic carbocycles. The van der Waals surface area contributed by atoms with E-state index in [0.29, 0.717) is 0 Å². The Morgan fingerprint density at radius 3 is 2.86 bits per heavy atom. The third kappa shape index (κ3) is 2.91. The van der Waals surface area contributed by atoms with E-state index in [2.05, 4.69) is 4.74 Å². The second-order valence-corrected chi connectivity index (χ2v) is 3.31. The molecule has 0 amide bonds. The van der Waals surface area contributed by atoms with Crippen LogP contribution in [0, 0.1) is 0 Å². The maximum atomic E-state index is 10.5. The number of hydrogen-bond donors (Lipinski definition) is 3. The van der Waals surface area contributed by atoms with Gasteiger partial charge in [-0.15, -0.1) is 0 Å². The molecule has 1 aliphatic heterocycles. The third-order valence-corrected chi connectivity index (χ3v) is 2.05. The van der Waals surface area contributed by atoms with Crippen molar-refractivity contribution in [2.24, 2.45) is 5.73 Å². The van der Waals surface area contributed by atoms with Gasteiger partial charge in [-0.3, -0.25) is 4.79 Å². The number of rotatable bonds is 2. The molecule has 0 bridgehead atoms. The smallest absolute Gasteiger partial charge is 0.302 e. The van der Waals surface area contributed by atoms with E-state index in [4.69, 9.17) is 10.5 Å². The average Bonchev–Trinajstić information content (AvgIpc) is 2.08. The van der Waals surface area contributed by atoms with E-state index in [1.807, 2.05) is 0 Å². The first kappa shape index (κ1) is 11.4. The summed E-state index contributed by atoms with van der Waals surface area (Å²) >= 11 is 0. The molecular weight excluding hydrogens is 190 g/mol. The van der Waals surface area contributed by atoms with Gasteiger partial charge in [0, 0.05) is 13.3 Å². The monoisotopic (exact) mass is 205 g/mol. The van der Waals surface area contributed by atoms with Crippen LogP contribution in [0.25, 0.3) is 0 Å². The Hall–Kier alpha value is -0.690. The largest absolute Gasteiger partial charge is 0.463 e. The standard InChI is InChI=1S/C8H15NO5/c1-4(10)13-3-6-8(12)5(11)2-7(9)14-6/h5-8,11-12H,2-3,9H2,1H3. The molecule has 0 aromatic carbocycles. The molecular formula is C8H15NO5. The normalized spacial score (nSPS) is 38.0. The van der Waals surface area contributed by atoms with Crippen molar-refractivity contribution in [2.75, 3.05) is 6.61 Å². The quantitative estimate of drug-likeness (QED) is 0.466. The Bertz CT molecular complexity index is 210. The highest BCUT2D eigenvalue weighted by Gasteiger charge is 2.35. The molecule has 1 aliphatic rings. The molecule has 82 valence electrons. The van der Waals surface area contributed by atoms with Crippen LogP contribution in [0.3, 0.4) is 0 Å². The van der Waals surface area contributed by atoms with Crippen molar-refractivity contribution in [1.82, 2.24) is 0 Å². The van der Waals surface area contributed by atoms with Gasteiger partial charge in [0.05, 0.1) is 6.10 Å². The minimum absolute atomic E-state index is 0.0960. The van der Waals surface area contributed by atoms with Crippen molar-refractivity contribution < 1.29 is 24.5 Å². The molecule has 4 N–H and O–H groups in total. The minimum Gasteiger partial charge on any atom is -0.463 e. The number of aliphatic hydroxyl groups excluding tert-OH is 2. The van der Waals surface area contributed by atoms with Gasteiger partial charge in [0.15, 0.2) is 0 Å². The van der Waals surface area contributed by atoms with E-state index in [0.717, 1.165) is 0 Å². The summed E-state index contributed by atoms with van der Waals surface area (Å²) < 4.78 is 9.77. The van der Waals surface area contributed by atoms with Crippen LogP contribution in [-0.2, 0) is 14.3 Å². The van der Waals surface area contributed by atoms with E-state index >= 15 is 0 Å². The first-order valence-electron chi connectivity index (χ1n) is 4.41. The van der Waals surface area contributed by atoms with Crippen molar-refractivity contribution in [3.8, 4) is 0 Å². The molecule has 0 radical (unpaired) electrons. The summed E-state index contributed by atoms with van der Waals surface area (Å²) in [4.78, 5) is 10.5. The van der Waals surface area contributed by atoms with Crippen LogP contribution in [0.5, 0.6) is 0 Å². The van der Waals surface area contributed by atoms with Gasteiger partial charge in [-0.1, -0.05) is 0 Å². The molecule has 6 nitrogen and oxygen atoms in total. The lowest BCUT2D eigenvalue weighted by molar-refractivity contribution is -0.187. The van der Waals surface area contributed by atoms with Crippen molar-refractivity contribution in [3.05, 3.63) is 0 Å². The summed E-state index contributed by atoms with van der Waals surface area (Å²) in [6.07, 6.45) is -3.20. The minimum atomic E-state index is -1.06. The van der Waals surface area contributed by atoms with Crippen LogP contribution < -0.4 is 5.73 Å². The molecule has 1 rings (SSSR count). The predicted octanol–water partition coefficient (Wildman–Crippen LogP) is -1.65. The summed E-state index contributed by atoms with van der Waals surface area (Å²) in [7, 11) is 0. The Morgan fingerprint density at radius 1 is 1.64 bits per heavy atom. The molecule has 0 aromatic heterocycles. The fourth-order valence-corrected chi connectivity index (χ4v) is 1.32. The van der Waals surface area contributed by atoms with Gasteiger partial charge in [-0.25, -0.2) is 0 Å². The number of nitrogens with two attached hydrogens (primary N) is 1. The lowest BCUT2D eigenvalue weighted by Crippen LogP contribution is -2.52. The maximum Gasteiger partial charge on any atom is 0.302 e. The highest BCUT2D eigenvalue weighted by molar-refractivity contribution is 5.65. The molecule has 0 saturated carbocycles. The molecule has 1 fully saturated rings. The van der Waals surface area contributed by atoms with Crippen molar-refractivity contribution in [1.29, 1.82) is 0 Å². The van der Waals surface area contributed by atoms with Crippen LogP contribution in [0.15, 0.2) is 0 Å². The van der Waals surface area contributed by atoms with E-state index in [-0.39, 0.29) is 13.0 Å². The molecule has 4 unspecified atom stereocenters. The lowest BCUT2D eigenvalue weighted by Gasteiger charge is -2.34. The van der Waals surface area contributed by atoms with Crippen molar-refractivity contribution >= 4 is 5.97 Å². The summed E-state index contributed by atoms with van der Waals surface area (Å²) in [5, 5.41) is 18.8. The van der Waals surface area contributed by atoms with E-state index in [1.54, 1.807) is 0 Å². The van der Waals surface area contributed by atoms with Crippen molar-refractivity contribution in [2.45, 2.75) is 37.9 Å². The summed E-state index contributed by atoms with van der Waals surface area (Å²) in [5.41, 5.74) is 5.45. The van der Waals surface area contributed by atoms with Gasteiger partial charge in [-0.05, 0) is 0 Å². The molecule has 6 heteroatoms. The summed E-state index contributed by atoms with van der Waals surface area (Å²) in [6, 6.07) is 0. The molecule has 14 heavy (non-hydrogen) atoms. The van der Waals surface area contributed by atoms with Gasteiger partial charge < -0.3 is 25.4 Å². The molecule has 1 saturated heterocycles. The van der Waals surface area contributed by atoms with Gasteiger partial charge >= 0.3 is 5.97 Å². The Balaban J connectivity index is 2.45. The zero-order chi connectivity index (χ0) is 10.7.